The van der Waals surface area contributed by atoms with Gasteiger partial charge in [0.15, 0.2) is 0 Å². The van der Waals surface area contributed by atoms with Crippen molar-refractivity contribution in [2.75, 3.05) is 13.2 Å². The van der Waals surface area contributed by atoms with Gasteiger partial charge in [-0.05, 0) is 6.08 Å². The Morgan fingerprint density at radius 3 is 3.00 bits per heavy atom. The highest BCUT2D eigenvalue weighted by Crippen LogP contribution is 2.28. The molecule has 2 heterocycles. The van der Waals surface area contributed by atoms with Gasteiger partial charge in [0.25, 0.3) is 0 Å². The summed E-state index contributed by atoms with van der Waals surface area (Å²) in [7, 11) is 0. The number of aromatic nitrogens is 3. The second-order valence-corrected chi connectivity index (χ2v) is 3.35. The molecule has 0 radical (unpaired) electrons. The summed E-state index contributed by atoms with van der Waals surface area (Å²) in [6.07, 6.45) is 5.55. The Morgan fingerprint density at radius 2 is 2.50 bits per heavy atom. The third-order valence-electron chi connectivity index (χ3n) is 1.94. The Labute approximate surface area is 70.7 Å². The fraction of sp³-hybridized carbons (Fsp3) is 0.500. The summed E-state index contributed by atoms with van der Waals surface area (Å²) in [4.78, 5) is 3.98. The highest BCUT2D eigenvalue weighted by atomic mass is 16.5. The van der Waals surface area contributed by atoms with Crippen LogP contribution in [0.15, 0.2) is 12.4 Å². The smallest absolute Gasteiger partial charge is 0.147 e. The van der Waals surface area contributed by atoms with Crippen molar-refractivity contribution < 1.29 is 4.74 Å². The Bertz CT molecular complexity index is 275. The van der Waals surface area contributed by atoms with Crippen LogP contribution in [0.2, 0.25) is 0 Å². The molecule has 64 valence electrons. The standard InChI is InChI=1S/C8H11N3O/c1-8(4-12-5-8)3-2-7-9-6-10-11-7/h2-3,6H,4-5H2,1H3,(H,9,10,11)/b3-2+. The maximum absolute atomic E-state index is 5.11. The molecule has 1 aliphatic rings. The lowest BCUT2D eigenvalue weighted by Crippen LogP contribution is -2.37. The Morgan fingerprint density at radius 1 is 1.67 bits per heavy atom. The van der Waals surface area contributed by atoms with Gasteiger partial charge in [-0.2, -0.15) is 5.10 Å². The number of rotatable bonds is 2. The normalized spacial score (nSPS) is 21.1. The van der Waals surface area contributed by atoms with Crippen LogP contribution in [0.3, 0.4) is 0 Å². The lowest BCUT2D eigenvalue weighted by molar-refractivity contribution is -0.0703. The molecule has 0 unspecified atom stereocenters. The fourth-order valence-corrected chi connectivity index (χ4v) is 1.10. The summed E-state index contributed by atoms with van der Waals surface area (Å²) >= 11 is 0. The van der Waals surface area contributed by atoms with E-state index in [1.165, 1.54) is 6.33 Å². The van der Waals surface area contributed by atoms with E-state index in [0.29, 0.717) is 0 Å². The van der Waals surface area contributed by atoms with Crippen molar-refractivity contribution in [2.45, 2.75) is 6.92 Å². The fourth-order valence-electron chi connectivity index (χ4n) is 1.10. The van der Waals surface area contributed by atoms with Gasteiger partial charge in [-0.25, -0.2) is 4.98 Å². The van der Waals surface area contributed by atoms with Gasteiger partial charge in [-0.15, -0.1) is 0 Å². The molecule has 0 saturated carbocycles. The van der Waals surface area contributed by atoms with Crippen molar-refractivity contribution in [3.8, 4) is 0 Å². The van der Waals surface area contributed by atoms with E-state index in [-0.39, 0.29) is 5.41 Å². The average molecular weight is 165 g/mol. The largest absolute Gasteiger partial charge is 0.379 e. The molecule has 1 aromatic heterocycles. The monoisotopic (exact) mass is 165 g/mol. The zero-order valence-electron chi connectivity index (χ0n) is 6.95. The van der Waals surface area contributed by atoms with E-state index < -0.39 is 0 Å². The third kappa shape index (κ3) is 1.38. The van der Waals surface area contributed by atoms with Crippen LogP contribution in [0, 0.1) is 5.41 Å². The number of H-pyrrole nitrogens is 1. The minimum atomic E-state index is 0.201. The molecule has 1 aromatic rings. The third-order valence-corrected chi connectivity index (χ3v) is 1.94. The average Bonchev–Trinajstić information content (AvgIpc) is 2.49. The van der Waals surface area contributed by atoms with E-state index in [1.54, 1.807) is 0 Å². The van der Waals surface area contributed by atoms with Crippen LogP contribution >= 0.6 is 0 Å². The highest BCUT2D eigenvalue weighted by Gasteiger charge is 2.30. The molecule has 0 aromatic carbocycles. The van der Waals surface area contributed by atoms with Crippen molar-refractivity contribution >= 4 is 6.08 Å². The summed E-state index contributed by atoms with van der Waals surface area (Å²) in [5.41, 5.74) is 0.201. The molecule has 1 fully saturated rings. The van der Waals surface area contributed by atoms with Gasteiger partial charge in [0.05, 0.1) is 13.2 Å². The molecule has 1 N–H and O–H groups in total. The van der Waals surface area contributed by atoms with Crippen LogP contribution in [0.4, 0.5) is 0 Å². The molecule has 0 atom stereocenters. The lowest BCUT2D eigenvalue weighted by atomic mass is 9.88. The molecule has 4 heteroatoms. The lowest BCUT2D eigenvalue weighted by Gasteiger charge is -2.35. The Balaban J connectivity index is 2.02. The molecule has 0 spiro atoms. The molecule has 0 amide bonds. The van der Waals surface area contributed by atoms with Crippen LogP contribution in [0.5, 0.6) is 0 Å². The number of ether oxygens (including phenoxy) is 1. The second-order valence-electron chi connectivity index (χ2n) is 3.35. The van der Waals surface area contributed by atoms with Gasteiger partial charge in [0, 0.05) is 5.41 Å². The zero-order chi connectivity index (χ0) is 8.44. The van der Waals surface area contributed by atoms with Gasteiger partial charge < -0.3 is 4.74 Å². The van der Waals surface area contributed by atoms with Gasteiger partial charge in [0.2, 0.25) is 0 Å². The summed E-state index contributed by atoms with van der Waals surface area (Å²) in [5.74, 6) is 0.795. The van der Waals surface area contributed by atoms with Gasteiger partial charge in [0.1, 0.15) is 12.2 Å². The SMILES string of the molecule is CC1(/C=C/c2ncn[nH]2)COC1. The topological polar surface area (TPSA) is 50.8 Å². The van der Waals surface area contributed by atoms with Crippen molar-refractivity contribution in [3.05, 3.63) is 18.2 Å². The summed E-state index contributed by atoms with van der Waals surface area (Å²) in [5, 5.41) is 6.52. The van der Waals surface area contributed by atoms with E-state index in [1.807, 2.05) is 6.08 Å². The summed E-state index contributed by atoms with van der Waals surface area (Å²) < 4.78 is 5.11. The van der Waals surface area contributed by atoms with E-state index in [9.17, 15) is 0 Å². The van der Waals surface area contributed by atoms with Gasteiger partial charge in [-0.1, -0.05) is 13.0 Å². The minimum absolute atomic E-state index is 0.201. The zero-order valence-corrected chi connectivity index (χ0v) is 6.95. The molecular weight excluding hydrogens is 154 g/mol. The maximum Gasteiger partial charge on any atom is 0.147 e. The van der Waals surface area contributed by atoms with Crippen LogP contribution in [0.25, 0.3) is 6.08 Å². The molecule has 1 aliphatic heterocycles. The van der Waals surface area contributed by atoms with Crippen molar-refractivity contribution in [1.29, 1.82) is 0 Å². The van der Waals surface area contributed by atoms with Gasteiger partial charge in [-0.3, -0.25) is 5.10 Å². The molecule has 12 heavy (non-hydrogen) atoms. The number of hydrogen-bond acceptors (Lipinski definition) is 3. The minimum Gasteiger partial charge on any atom is -0.379 e. The first-order valence-electron chi connectivity index (χ1n) is 3.91. The first-order valence-corrected chi connectivity index (χ1v) is 3.91. The maximum atomic E-state index is 5.11. The molecule has 0 bridgehead atoms. The predicted molar refractivity (Wildman–Crippen MR) is 44.3 cm³/mol. The van der Waals surface area contributed by atoms with E-state index in [2.05, 4.69) is 28.2 Å². The van der Waals surface area contributed by atoms with Crippen molar-refractivity contribution in [3.63, 3.8) is 0 Å². The Kier molecular flexibility index (Phi) is 1.69. The number of aromatic amines is 1. The number of nitrogens with zero attached hydrogens (tertiary/aromatic N) is 2. The summed E-state index contributed by atoms with van der Waals surface area (Å²) in [6.45, 7) is 3.76. The first-order chi connectivity index (χ1) is 5.79. The Hall–Kier alpha value is -1.16. The van der Waals surface area contributed by atoms with Crippen LogP contribution in [0.1, 0.15) is 12.7 Å². The van der Waals surface area contributed by atoms with E-state index >= 15 is 0 Å². The van der Waals surface area contributed by atoms with Crippen molar-refractivity contribution in [1.82, 2.24) is 15.2 Å². The molecule has 1 saturated heterocycles. The van der Waals surface area contributed by atoms with Gasteiger partial charge >= 0.3 is 0 Å². The molecule has 4 nitrogen and oxygen atoms in total. The molecule has 0 aliphatic carbocycles. The van der Waals surface area contributed by atoms with E-state index in [0.717, 1.165) is 19.0 Å². The molecule has 2 rings (SSSR count). The number of hydrogen-bond donors (Lipinski definition) is 1. The quantitative estimate of drug-likeness (QED) is 0.707. The highest BCUT2D eigenvalue weighted by molar-refractivity contribution is 5.40. The first kappa shape index (κ1) is 7.49. The second kappa shape index (κ2) is 2.71. The van der Waals surface area contributed by atoms with E-state index in [4.69, 9.17) is 4.74 Å². The van der Waals surface area contributed by atoms with Crippen LogP contribution in [-0.4, -0.2) is 28.4 Å². The van der Waals surface area contributed by atoms with Crippen molar-refractivity contribution in [2.24, 2.45) is 5.41 Å². The number of nitrogens with one attached hydrogen (secondary N) is 1. The van der Waals surface area contributed by atoms with Crippen LogP contribution < -0.4 is 0 Å². The summed E-state index contributed by atoms with van der Waals surface area (Å²) in [6, 6.07) is 0. The van der Waals surface area contributed by atoms with Crippen LogP contribution in [-0.2, 0) is 4.74 Å². The predicted octanol–water partition coefficient (Wildman–Crippen LogP) is 0.854. The molecular formula is C8H11N3O.